The molecule has 0 fully saturated rings. The van der Waals surface area contributed by atoms with Gasteiger partial charge in [-0.1, -0.05) is 23.7 Å². The van der Waals surface area contributed by atoms with Crippen molar-refractivity contribution in [1.29, 1.82) is 0 Å². The van der Waals surface area contributed by atoms with Crippen LogP contribution in [0.1, 0.15) is 11.1 Å². The quantitative estimate of drug-likeness (QED) is 0.722. The summed E-state index contributed by atoms with van der Waals surface area (Å²) >= 11 is 6.03. The summed E-state index contributed by atoms with van der Waals surface area (Å²) in [4.78, 5) is 11.0. The number of rotatable bonds is 1. The highest BCUT2D eigenvalue weighted by molar-refractivity contribution is 6.31. The third-order valence-corrected chi connectivity index (χ3v) is 2.86. The second-order valence-electron chi connectivity index (χ2n) is 3.42. The molecule has 14 heavy (non-hydrogen) atoms. The van der Waals surface area contributed by atoms with Crippen LogP contribution in [0.3, 0.4) is 0 Å². The highest BCUT2D eigenvalue weighted by Gasteiger charge is 2.23. The van der Waals surface area contributed by atoms with E-state index < -0.39 is 0 Å². The summed E-state index contributed by atoms with van der Waals surface area (Å²) in [7, 11) is 0. The first-order chi connectivity index (χ1) is 6.68. The van der Waals surface area contributed by atoms with Crippen molar-refractivity contribution < 1.29 is 4.79 Å². The van der Waals surface area contributed by atoms with Gasteiger partial charge in [0.2, 0.25) is 5.91 Å². The van der Waals surface area contributed by atoms with Gasteiger partial charge in [0.1, 0.15) is 0 Å². The fraction of sp³-hybridized carbons (Fsp3) is 0.300. The van der Waals surface area contributed by atoms with Crippen LogP contribution in [0.25, 0.3) is 0 Å². The molecule has 3 nitrogen and oxygen atoms in total. The van der Waals surface area contributed by atoms with Crippen LogP contribution in [0, 0.1) is 0 Å². The highest BCUT2D eigenvalue weighted by atomic mass is 35.5. The van der Waals surface area contributed by atoms with Crippen LogP contribution < -0.4 is 11.1 Å². The van der Waals surface area contributed by atoms with E-state index in [4.69, 9.17) is 17.3 Å². The van der Waals surface area contributed by atoms with Gasteiger partial charge in [-0.25, -0.2) is 0 Å². The number of carbonyl (C=O) groups is 1. The van der Waals surface area contributed by atoms with Crippen molar-refractivity contribution in [2.75, 3.05) is 0 Å². The second-order valence-corrected chi connectivity index (χ2v) is 3.82. The summed E-state index contributed by atoms with van der Waals surface area (Å²) in [5, 5.41) is 3.79. The fourth-order valence-electron chi connectivity index (χ4n) is 1.71. The number of hydrogen-bond donors (Lipinski definition) is 2. The number of carbonyl (C=O) groups excluding carboxylic acids is 1. The van der Waals surface area contributed by atoms with Gasteiger partial charge in [-0.2, -0.15) is 0 Å². The number of hydrogen-bond acceptors (Lipinski definition) is 2. The minimum atomic E-state index is -0.324. The number of fused-ring (bicyclic) bond motifs is 1. The SMILES string of the molecule is NC(=O)[C@@H]1Cc2c(Cl)cccc2CN1. The van der Waals surface area contributed by atoms with Crippen molar-refractivity contribution in [1.82, 2.24) is 5.32 Å². The van der Waals surface area contributed by atoms with Crippen molar-refractivity contribution in [3.63, 3.8) is 0 Å². The standard InChI is InChI=1S/C10H11ClN2O/c11-8-3-1-2-6-5-13-9(10(12)14)4-7(6)8/h1-3,9,13H,4-5H2,(H2,12,14)/t9-/m0/s1. The lowest BCUT2D eigenvalue weighted by Gasteiger charge is -2.24. The summed E-state index contributed by atoms with van der Waals surface area (Å²) in [5.41, 5.74) is 7.42. The first-order valence-corrected chi connectivity index (χ1v) is 4.85. The molecule has 4 heteroatoms. The molecular weight excluding hydrogens is 200 g/mol. The molecule has 3 N–H and O–H groups in total. The van der Waals surface area contributed by atoms with E-state index in [1.165, 1.54) is 0 Å². The van der Waals surface area contributed by atoms with Crippen molar-refractivity contribution in [2.45, 2.75) is 19.0 Å². The molecule has 0 unspecified atom stereocenters. The minimum Gasteiger partial charge on any atom is -0.368 e. The molecule has 1 aromatic carbocycles. The van der Waals surface area contributed by atoms with E-state index in [0.29, 0.717) is 13.0 Å². The van der Waals surface area contributed by atoms with Crippen LogP contribution >= 0.6 is 11.6 Å². The molecule has 0 radical (unpaired) electrons. The van der Waals surface area contributed by atoms with Crippen LogP contribution in [0.15, 0.2) is 18.2 Å². The molecule has 0 spiro atoms. The first-order valence-electron chi connectivity index (χ1n) is 4.47. The van der Waals surface area contributed by atoms with Gasteiger partial charge in [-0.3, -0.25) is 4.79 Å². The summed E-state index contributed by atoms with van der Waals surface area (Å²) in [6.07, 6.45) is 0.588. The van der Waals surface area contributed by atoms with Gasteiger partial charge in [-0.05, 0) is 23.6 Å². The van der Waals surface area contributed by atoms with Gasteiger partial charge in [-0.15, -0.1) is 0 Å². The van der Waals surface area contributed by atoms with Crippen LogP contribution in [0.4, 0.5) is 0 Å². The molecule has 0 aliphatic carbocycles. The van der Waals surface area contributed by atoms with Crippen LogP contribution in [0.5, 0.6) is 0 Å². The van der Waals surface area contributed by atoms with Crippen LogP contribution in [-0.2, 0) is 17.8 Å². The lowest BCUT2D eigenvalue weighted by molar-refractivity contribution is -0.120. The molecule has 1 amide bonds. The lowest BCUT2D eigenvalue weighted by atomic mass is 9.95. The number of halogens is 1. The highest BCUT2D eigenvalue weighted by Crippen LogP contribution is 2.24. The number of benzene rings is 1. The number of amides is 1. The molecule has 1 aliphatic heterocycles. The Morgan fingerprint density at radius 2 is 2.36 bits per heavy atom. The Labute approximate surface area is 87.2 Å². The number of nitrogens with two attached hydrogens (primary N) is 1. The van der Waals surface area contributed by atoms with Crippen LogP contribution in [-0.4, -0.2) is 11.9 Å². The normalized spacial score (nSPS) is 20.2. The maximum Gasteiger partial charge on any atom is 0.234 e. The van der Waals surface area contributed by atoms with E-state index in [0.717, 1.165) is 16.1 Å². The molecule has 1 heterocycles. The Kier molecular flexibility index (Phi) is 2.44. The summed E-state index contributed by atoms with van der Waals surface area (Å²) in [5.74, 6) is -0.324. The lowest BCUT2D eigenvalue weighted by Crippen LogP contribution is -2.45. The zero-order valence-corrected chi connectivity index (χ0v) is 8.34. The van der Waals surface area contributed by atoms with E-state index >= 15 is 0 Å². The third-order valence-electron chi connectivity index (χ3n) is 2.51. The maximum atomic E-state index is 11.0. The minimum absolute atomic E-state index is 0.289. The molecule has 0 saturated heterocycles. The van der Waals surface area contributed by atoms with Gasteiger partial charge < -0.3 is 11.1 Å². The topological polar surface area (TPSA) is 55.1 Å². The molecule has 1 aromatic rings. The molecule has 1 atom stereocenters. The zero-order valence-electron chi connectivity index (χ0n) is 7.59. The van der Waals surface area contributed by atoms with Gasteiger partial charge in [0.05, 0.1) is 6.04 Å². The molecule has 0 saturated carbocycles. The predicted octanol–water partition coefficient (Wildman–Crippen LogP) is 0.840. The van der Waals surface area contributed by atoms with E-state index in [1.54, 1.807) is 0 Å². The van der Waals surface area contributed by atoms with E-state index in [-0.39, 0.29) is 11.9 Å². The smallest absolute Gasteiger partial charge is 0.234 e. The molecular formula is C10H11ClN2O. The Morgan fingerprint density at radius 1 is 1.57 bits per heavy atom. The number of nitrogens with one attached hydrogen (secondary N) is 1. The average Bonchev–Trinajstić information content (AvgIpc) is 2.18. The largest absolute Gasteiger partial charge is 0.368 e. The Hall–Kier alpha value is -1.06. The molecule has 2 rings (SSSR count). The van der Waals surface area contributed by atoms with E-state index in [9.17, 15) is 4.79 Å². The Morgan fingerprint density at radius 3 is 3.07 bits per heavy atom. The second kappa shape index (κ2) is 3.59. The van der Waals surface area contributed by atoms with Crippen molar-refractivity contribution in [2.24, 2.45) is 5.73 Å². The summed E-state index contributed by atoms with van der Waals surface area (Å²) in [6, 6.07) is 5.46. The number of primary amides is 1. The molecule has 74 valence electrons. The average molecular weight is 211 g/mol. The van der Waals surface area contributed by atoms with E-state index in [2.05, 4.69) is 5.32 Å². The molecule has 0 aromatic heterocycles. The summed E-state index contributed by atoms with van der Waals surface area (Å²) in [6.45, 7) is 0.656. The van der Waals surface area contributed by atoms with Gasteiger partial charge >= 0.3 is 0 Å². The monoisotopic (exact) mass is 210 g/mol. The molecule has 1 aliphatic rings. The Bertz CT molecular complexity index is 378. The van der Waals surface area contributed by atoms with Crippen molar-refractivity contribution in [3.8, 4) is 0 Å². The fourth-order valence-corrected chi connectivity index (χ4v) is 1.98. The zero-order chi connectivity index (χ0) is 10.1. The maximum absolute atomic E-state index is 11.0. The summed E-state index contributed by atoms with van der Waals surface area (Å²) < 4.78 is 0. The van der Waals surface area contributed by atoms with Gasteiger partial charge in [0.25, 0.3) is 0 Å². The third kappa shape index (κ3) is 1.61. The Balaban J connectivity index is 2.33. The van der Waals surface area contributed by atoms with Crippen LogP contribution in [0.2, 0.25) is 5.02 Å². The molecule has 0 bridgehead atoms. The van der Waals surface area contributed by atoms with Gasteiger partial charge in [0, 0.05) is 11.6 Å². The van der Waals surface area contributed by atoms with Crippen molar-refractivity contribution in [3.05, 3.63) is 34.3 Å². The predicted molar refractivity (Wildman–Crippen MR) is 55.0 cm³/mol. The van der Waals surface area contributed by atoms with E-state index in [1.807, 2.05) is 18.2 Å². The van der Waals surface area contributed by atoms with Crippen molar-refractivity contribution >= 4 is 17.5 Å². The first kappa shape index (κ1) is 9.49. The van der Waals surface area contributed by atoms with Gasteiger partial charge in [0.15, 0.2) is 0 Å².